The van der Waals surface area contributed by atoms with Crippen molar-refractivity contribution in [3.05, 3.63) is 29.8 Å². The summed E-state index contributed by atoms with van der Waals surface area (Å²) in [5, 5.41) is 11.4. The van der Waals surface area contributed by atoms with Gasteiger partial charge >= 0.3 is 6.03 Å². The van der Waals surface area contributed by atoms with Gasteiger partial charge in [0, 0.05) is 5.56 Å². The quantitative estimate of drug-likeness (QED) is 0.447. The fourth-order valence-electron chi connectivity index (χ4n) is 1.14. The van der Waals surface area contributed by atoms with E-state index >= 15 is 0 Å². The van der Waals surface area contributed by atoms with Gasteiger partial charge in [0.15, 0.2) is 0 Å². The summed E-state index contributed by atoms with van der Waals surface area (Å²) in [5.74, 6) is 0.570. The highest BCUT2D eigenvalue weighted by atomic mass is 35.5. The third kappa shape index (κ3) is 6.08. The van der Waals surface area contributed by atoms with Gasteiger partial charge in [0.2, 0.25) is 5.24 Å². The molecule has 1 aromatic rings. The van der Waals surface area contributed by atoms with Gasteiger partial charge in [-0.15, -0.1) is 12.4 Å². The zero-order valence-corrected chi connectivity index (χ0v) is 11.6. The number of amides is 2. The molecule has 104 valence electrons. The van der Waals surface area contributed by atoms with Crippen molar-refractivity contribution >= 4 is 41.1 Å². The minimum atomic E-state index is -0.680. The van der Waals surface area contributed by atoms with Gasteiger partial charge in [-0.05, 0) is 35.9 Å². The van der Waals surface area contributed by atoms with Crippen molar-refractivity contribution in [2.75, 3.05) is 13.7 Å². The first-order valence-corrected chi connectivity index (χ1v) is 5.37. The second-order valence-corrected chi connectivity index (χ2v) is 3.69. The van der Waals surface area contributed by atoms with Crippen molar-refractivity contribution in [2.45, 2.75) is 0 Å². The van der Waals surface area contributed by atoms with E-state index in [1.54, 1.807) is 24.3 Å². The first kappa shape index (κ1) is 17.2. The molecular weight excluding hydrogens is 293 g/mol. The highest BCUT2D eigenvalue weighted by Gasteiger charge is 2.07. The van der Waals surface area contributed by atoms with Crippen LogP contribution in [-0.2, 0) is 4.79 Å². The maximum atomic E-state index is 11.3. The summed E-state index contributed by atoms with van der Waals surface area (Å²) in [4.78, 5) is 21.7. The molecule has 0 saturated carbocycles. The smallest absolute Gasteiger partial charge is 0.320 e. The molecule has 3 N–H and O–H groups in total. The van der Waals surface area contributed by atoms with Gasteiger partial charge in [0.1, 0.15) is 11.6 Å². The number of urea groups is 1. The summed E-state index contributed by atoms with van der Waals surface area (Å²) in [6, 6.07) is 5.95. The van der Waals surface area contributed by atoms with Gasteiger partial charge in [-0.25, -0.2) is 4.79 Å². The van der Waals surface area contributed by atoms with Gasteiger partial charge in [-0.3, -0.25) is 15.5 Å². The second kappa shape index (κ2) is 8.34. The summed E-state index contributed by atoms with van der Waals surface area (Å²) in [5.41, 5.74) is 0.517. The maximum Gasteiger partial charge on any atom is 0.320 e. The highest BCUT2D eigenvalue weighted by Crippen LogP contribution is 2.10. The molecule has 0 aromatic heterocycles. The molecule has 8 heteroatoms. The van der Waals surface area contributed by atoms with Crippen LogP contribution in [0.5, 0.6) is 5.75 Å². The van der Waals surface area contributed by atoms with Crippen LogP contribution >= 0.6 is 24.0 Å². The molecule has 0 saturated heterocycles. The van der Waals surface area contributed by atoms with Gasteiger partial charge in [-0.2, -0.15) is 0 Å². The van der Waals surface area contributed by atoms with E-state index in [4.69, 9.17) is 21.7 Å². The zero-order valence-electron chi connectivity index (χ0n) is 10.0. The predicted octanol–water partition coefficient (Wildman–Crippen LogP) is 1.51. The van der Waals surface area contributed by atoms with Crippen LogP contribution in [0.15, 0.2) is 24.3 Å². The van der Waals surface area contributed by atoms with Crippen LogP contribution in [0.25, 0.3) is 0 Å². The van der Waals surface area contributed by atoms with Gasteiger partial charge < -0.3 is 10.1 Å². The van der Waals surface area contributed by atoms with Crippen molar-refractivity contribution < 1.29 is 14.3 Å². The lowest BCUT2D eigenvalue weighted by molar-refractivity contribution is -0.110. The summed E-state index contributed by atoms with van der Waals surface area (Å²) in [6.45, 7) is -0.288. The van der Waals surface area contributed by atoms with E-state index in [1.165, 1.54) is 7.11 Å². The number of nitrogens with one attached hydrogen (secondary N) is 3. The number of rotatable bonds is 4. The Bertz CT molecular complexity index is 463. The summed E-state index contributed by atoms with van der Waals surface area (Å²) in [6.07, 6.45) is 0. The van der Waals surface area contributed by atoms with Crippen LogP contribution in [0.2, 0.25) is 0 Å². The first-order valence-electron chi connectivity index (χ1n) is 4.99. The number of ether oxygens (including phenoxy) is 1. The third-order valence-electron chi connectivity index (χ3n) is 2.01. The molecular formula is C11H13Cl2N3O3. The molecule has 0 atom stereocenters. The van der Waals surface area contributed by atoms with Gasteiger partial charge in [-0.1, -0.05) is 0 Å². The molecule has 0 spiro atoms. The van der Waals surface area contributed by atoms with E-state index in [2.05, 4.69) is 10.6 Å². The Morgan fingerprint density at radius 2 is 1.89 bits per heavy atom. The zero-order chi connectivity index (χ0) is 13.5. The number of amidine groups is 1. The van der Waals surface area contributed by atoms with Crippen molar-refractivity contribution in [2.24, 2.45) is 0 Å². The van der Waals surface area contributed by atoms with Crippen LogP contribution in [0.4, 0.5) is 4.79 Å². The highest BCUT2D eigenvalue weighted by molar-refractivity contribution is 6.64. The Labute approximate surface area is 121 Å². The molecule has 1 aromatic carbocycles. The largest absolute Gasteiger partial charge is 0.497 e. The number of hydrogen-bond donors (Lipinski definition) is 3. The molecule has 1 rings (SSSR count). The summed E-state index contributed by atoms with van der Waals surface area (Å²) in [7, 11) is 1.54. The average molecular weight is 306 g/mol. The van der Waals surface area contributed by atoms with Crippen LogP contribution < -0.4 is 15.4 Å². The SMILES string of the molecule is COc1ccc(C(=N)NC(=O)NCC(=O)Cl)cc1.Cl. The van der Waals surface area contributed by atoms with Crippen LogP contribution in [0.1, 0.15) is 5.56 Å². The van der Waals surface area contributed by atoms with E-state index in [0.29, 0.717) is 11.3 Å². The fraction of sp³-hybridized carbons (Fsp3) is 0.182. The van der Waals surface area contributed by atoms with Gasteiger partial charge in [0.05, 0.1) is 13.7 Å². The molecule has 0 bridgehead atoms. The third-order valence-corrected chi connectivity index (χ3v) is 2.14. The summed E-state index contributed by atoms with van der Waals surface area (Å²) < 4.78 is 4.97. The minimum absolute atomic E-state index is 0. The predicted molar refractivity (Wildman–Crippen MR) is 74.5 cm³/mol. The van der Waals surface area contributed by atoms with Crippen LogP contribution in [0.3, 0.4) is 0 Å². The second-order valence-electron chi connectivity index (χ2n) is 3.27. The van der Waals surface area contributed by atoms with E-state index in [1.807, 2.05) is 0 Å². The van der Waals surface area contributed by atoms with Crippen molar-refractivity contribution in [1.82, 2.24) is 10.6 Å². The molecule has 0 aliphatic rings. The standard InChI is InChI=1S/C11H12ClN3O3.ClH/c1-18-8-4-2-7(3-5-8)10(13)15-11(17)14-6-9(12)16;/h2-5H,6H2,1H3,(H3,13,14,15,17);1H. The Morgan fingerprint density at radius 1 is 1.32 bits per heavy atom. The minimum Gasteiger partial charge on any atom is -0.497 e. The Balaban J connectivity index is 0.00000324. The summed E-state index contributed by atoms with van der Waals surface area (Å²) >= 11 is 5.06. The number of carbonyl (C=O) groups excluding carboxylic acids is 2. The lowest BCUT2D eigenvalue weighted by Crippen LogP contribution is -2.41. The van der Waals surface area contributed by atoms with Crippen LogP contribution in [0, 0.1) is 5.41 Å². The fourth-order valence-corrected chi connectivity index (χ4v) is 1.20. The molecule has 0 heterocycles. The number of hydrogen-bond acceptors (Lipinski definition) is 4. The Morgan fingerprint density at radius 3 is 2.37 bits per heavy atom. The van der Waals surface area contributed by atoms with E-state index in [-0.39, 0.29) is 24.8 Å². The lowest BCUT2D eigenvalue weighted by atomic mass is 10.2. The number of carbonyl (C=O) groups is 2. The molecule has 0 aliphatic heterocycles. The Kier molecular flexibility index (Phi) is 7.55. The molecule has 6 nitrogen and oxygen atoms in total. The van der Waals surface area contributed by atoms with E-state index < -0.39 is 11.3 Å². The topological polar surface area (TPSA) is 91.3 Å². The maximum absolute atomic E-state index is 11.3. The molecule has 2 amide bonds. The van der Waals surface area contributed by atoms with Crippen molar-refractivity contribution in [3.8, 4) is 5.75 Å². The molecule has 0 aliphatic carbocycles. The first-order chi connectivity index (χ1) is 8.52. The molecule has 0 radical (unpaired) electrons. The van der Waals surface area contributed by atoms with E-state index in [0.717, 1.165) is 0 Å². The number of halogens is 2. The lowest BCUT2D eigenvalue weighted by Gasteiger charge is -2.08. The normalized spacial score (nSPS) is 8.95. The molecule has 19 heavy (non-hydrogen) atoms. The number of benzene rings is 1. The van der Waals surface area contributed by atoms with Gasteiger partial charge in [0.25, 0.3) is 0 Å². The van der Waals surface area contributed by atoms with Crippen molar-refractivity contribution in [1.29, 1.82) is 5.41 Å². The molecule has 0 fully saturated rings. The van der Waals surface area contributed by atoms with E-state index in [9.17, 15) is 9.59 Å². The van der Waals surface area contributed by atoms with Crippen LogP contribution in [-0.4, -0.2) is 30.8 Å². The molecule has 0 unspecified atom stereocenters. The monoisotopic (exact) mass is 305 g/mol. The van der Waals surface area contributed by atoms with Crippen molar-refractivity contribution in [3.63, 3.8) is 0 Å². The Hall–Kier alpha value is -1.79. The average Bonchev–Trinajstić information content (AvgIpc) is 2.36. The number of methoxy groups -OCH3 is 1.